The minimum absolute atomic E-state index is 0.157. The molecule has 9 heteroatoms. The molecule has 0 saturated carbocycles. The lowest BCUT2D eigenvalue weighted by Crippen LogP contribution is -2.32. The van der Waals surface area contributed by atoms with Gasteiger partial charge in [-0.2, -0.15) is 10.1 Å². The highest BCUT2D eigenvalue weighted by atomic mass is 19.1. The van der Waals surface area contributed by atoms with Gasteiger partial charge in [-0.25, -0.2) is 9.37 Å². The fraction of sp³-hybridized carbons (Fsp3) is 0.318. The molecule has 1 aliphatic rings. The molecule has 0 radical (unpaired) electrons. The standard InChI is InChI=1S/C22H24FN7O/c1-14-12-18(29-28-14)25-22-27-21(26-19-5-2-10-30(19)22)20(15-6-8-16(23)9-7-15)24-13-17-4-3-11-31-17/h2,5-10,12,17,20,24H,3-4,11,13H2,1H3,(H2,25,26,27,28,29)/t17-,20?/m0/s1. The van der Waals surface area contributed by atoms with Gasteiger partial charge in [0.1, 0.15) is 11.5 Å². The Balaban J connectivity index is 1.52. The summed E-state index contributed by atoms with van der Waals surface area (Å²) >= 11 is 0. The third-order valence-electron chi connectivity index (χ3n) is 5.39. The van der Waals surface area contributed by atoms with Gasteiger partial charge in [-0.05, 0) is 49.6 Å². The molecule has 4 aromatic rings. The summed E-state index contributed by atoms with van der Waals surface area (Å²) in [6.07, 6.45) is 4.14. The molecular formula is C22H24FN7O. The molecular weight excluding hydrogens is 397 g/mol. The highest BCUT2D eigenvalue weighted by Crippen LogP contribution is 2.24. The Labute approximate surface area is 178 Å². The number of aromatic nitrogens is 5. The van der Waals surface area contributed by atoms with Crippen molar-refractivity contribution in [3.8, 4) is 0 Å². The number of aromatic amines is 1. The van der Waals surface area contributed by atoms with Gasteiger partial charge in [0.05, 0.1) is 12.1 Å². The zero-order chi connectivity index (χ0) is 21.2. The first kappa shape index (κ1) is 19.7. The van der Waals surface area contributed by atoms with Crippen LogP contribution in [0.5, 0.6) is 0 Å². The monoisotopic (exact) mass is 421 g/mol. The fourth-order valence-electron chi connectivity index (χ4n) is 3.83. The Morgan fingerprint density at radius 1 is 1.26 bits per heavy atom. The zero-order valence-corrected chi connectivity index (χ0v) is 17.2. The molecule has 1 unspecified atom stereocenters. The summed E-state index contributed by atoms with van der Waals surface area (Å²) in [6, 6.07) is 11.9. The van der Waals surface area contributed by atoms with Gasteiger partial charge in [0.25, 0.3) is 0 Å². The summed E-state index contributed by atoms with van der Waals surface area (Å²) in [5.41, 5.74) is 2.59. The fourth-order valence-corrected chi connectivity index (χ4v) is 3.83. The average molecular weight is 421 g/mol. The SMILES string of the molecule is Cc1cc(Nc2nc(C(NC[C@@H]3CCCO3)c3ccc(F)cc3)nc3cccn23)n[nH]1. The first-order valence-corrected chi connectivity index (χ1v) is 10.4. The summed E-state index contributed by atoms with van der Waals surface area (Å²) < 4.78 is 21.2. The predicted octanol–water partition coefficient (Wildman–Crippen LogP) is 3.50. The van der Waals surface area contributed by atoms with E-state index in [1.165, 1.54) is 12.1 Å². The smallest absolute Gasteiger partial charge is 0.216 e. The van der Waals surface area contributed by atoms with Crippen LogP contribution in [-0.4, -0.2) is 43.8 Å². The first-order valence-electron chi connectivity index (χ1n) is 10.4. The number of hydrogen-bond acceptors (Lipinski definition) is 6. The topological polar surface area (TPSA) is 92.2 Å². The van der Waals surface area contributed by atoms with Gasteiger partial charge >= 0.3 is 0 Å². The molecule has 160 valence electrons. The van der Waals surface area contributed by atoms with Crippen molar-refractivity contribution >= 4 is 17.4 Å². The number of benzene rings is 1. The van der Waals surface area contributed by atoms with Crippen molar-refractivity contribution in [1.82, 2.24) is 29.9 Å². The van der Waals surface area contributed by atoms with Gasteiger partial charge in [0, 0.05) is 31.1 Å². The van der Waals surface area contributed by atoms with Gasteiger partial charge in [-0.1, -0.05) is 12.1 Å². The molecule has 2 atom stereocenters. The molecule has 4 heterocycles. The second-order valence-electron chi connectivity index (χ2n) is 7.73. The van der Waals surface area contributed by atoms with E-state index in [1.54, 1.807) is 12.1 Å². The minimum atomic E-state index is -0.314. The van der Waals surface area contributed by atoms with Crippen LogP contribution in [0, 0.1) is 12.7 Å². The Morgan fingerprint density at radius 2 is 2.13 bits per heavy atom. The van der Waals surface area contributed by atoms with Crippen molar-refractivity contribution < 1.29 is 9.13 Å². The van der Waals surface area contributed by atoms with E-state index in [9.17, 15) is 4.39 Å². The molecule has 0 aliphatic carbocycles. The number of ether oxygens (including phenoxy) is 1. The van der Waals surface area contributed by atoms with Crippen LogP contribution in [0.4, 0.5) is 16.2 Å². The van der Waals surface area contributed by atoms with Gasteiger partial charge in [0.2, 0.25) is 5.95 Å². The van der Waals surface area contributed by atoms with Crippen molar-refractivity contribution in [2.45, 2.75) is 31.9 Å². The molecule has 31 heavy (non-hydrogen) atoms. The maximum Gasteiger partial charge on any atom is 0.216 e. The van der Waals surface area contributed by atoms with Crippen LogP contribution in [0.1, 0.15) is 36.0 Å². The zero-order valence-electron chi connectivity index (χ0n) is 17.2. The highest BCUT2D eigenvalue weighted by molar-refractivity contribution is 5.54. The third kappa shape index (κ3) is 4.28. The Hall–Kier alpha value is -3.30. The summed E-state index contributed by atoms with van der Waals surface area (Å²) in [5, 5.41) is 14.0. The second kappa shape index (κ2) is 8.44. The first-order chi connectivity index (χ1) is 15.2. The number of H-pyrrole nitrogens is 1. The quantitative estimate of drug-likeness (QED) is 0.423. The predicted molar refractivity (Wildman–Crippen MR) is 115 cm³/mol. The van der Waals surface area contributed by atoms with Crippen molar-refractivity contribution in [1.29, 1.82) is 0 Å². The summed E-state index contributed by atoms with van der Waals surface area (Å²) in [7, 11) is 0. The maximum atomic E-state index is 13.6. The highest BCUT2D eigenvalue weighted by Gasteiger charge is 2.23. The van der Waals surface area contributed by atoms with Crippen LogP contribution in [-0.2, 0) is 4.74 Å². The molecule has 0 spiro atoms. The van der Waals surface area contributed by atoms with Crippen LogP contribution < -0.4 is 10.6 Å². The number of anilines is 2. The lowest BCUT2D eigenvalue weighted by molar-refractivity contribution is 0.108. The van der Waals surface area contributed by atoms with Gasteiger partial charge < -0.3 is 15.4 Å². The number of halogens is 1. The maximum absolute atomic E-state index is 13.6. The number of nitrogens with zero attached hydrogens (tertiary/aromatic N) is 4. The van der Waals surface area contributed by atoms with E-state index in [4.69, 9.17) is 14.7 Å². The van der Waals surface area contributed by atoms with E-state index in [0.29, 0.717) is 24.1 Å². The van der Waals surface area contributed by atoms with Crippen molar-refractivity contribution in [2.24, 2.45) is 0 Å². The second-order valence-corrected chi connectivity index (χ2v) is 7.73. The number of rotatable bonds is 7. The molecule has 3 aromatic heterocycles. The molecule has 3 N–H and O–H groups in total. The Morgan fingerprint density at radius 3 is 2.87 bits per heavy atom. The minimum Gasteiger partial charge on any atom is -0.377 e. The molecule has 0 amide bonds. The van der Waals surface area contributed by atoms with Crippen LogP contribution >= 0.6 is 0 Å². The Kier molecular flexibility index (Phi) is 5.35. The van der Waals surface area contributed by atoms with E-state index in [1.807, 2.05) is 35.7 Å². The molecule has 1 fully saturated rings. The number of hydrogen-bond donors (Lipinski definition) is 3. The van der Waals surface area contributed by atoms with Crippen LogP contribution in [0.15, 0.2) is 48.7 Å². The van der Waals surface area contributed by atoms with E-state index >= 15 is 0 Å². The summed E-state index contributed by atoms with van der Waals surface area (Å²) in [4.78, 5) is 9.59. The molecule has 1 aliphatic heterocycles. The van der Waals surface area contributed by atoms with E-state index in [2.05, 4.69) is 20.8 Å². The van der Waals surface area contributed by atoms with E-state index in [0.717, 1.165) is 36.4 Å². The van der Waals surface area contributed by atoms with Crippen LogP contribution in [0.25, 0.3) is 5.65 Å². The molecule has 1 saturated heterocycles. The van der Waals surface area contributed by atoms with Crippen molar-refractivity contribution in [3.63, 3.8) is 0 Å². The Bertz CT molecular complexity index is 1160. The van der Waals surface area contributed by atoms with Crippen LogP contribution in [0.3, 0.4) is 0 Å². The summed E-state index contributed by atoms with van der Waals surface area (Å²) in [6.45, 7) is 3.39. The van der Waals surface area contributed by atoms with Gasteiger partial charge in [-0.15, -0.1) is 0 Å². The number of fused-ring (bicyclic) bond motifs is 1. The largest absolute Gasteiger partial charge is 0.377 e. The molecule has 8 nitrogen and oxygen atoms in total. The van der Waals surface area contributed by atoms with E-state index < -0.39 is 0 Å². The normalized spacial score (nSPS) is 17.3. The van der Waals surface area contributed by atoms with Gasteiger partial charge in [0.15, 0.2) is 11.6 Å². The third-order valence-corrected chi connectivity index (χ3v) is 5.39. The van der Waals surface area contributed by atoms with Gasteiger partial charge in [-0.3, -0.25) is 9.50 Å². The molecule has 5 rings (SSSR count). The number of nitrogens with one attached hydrogen (secondary N) is 3. The molecule has 0 bridgehead atoms. The lowest BCUT2D eigenvalue weighted by atomic mass is 10.1. The number of aryl methyl sites for hydroxylation is 1. The molecule has 1 aromatic carbocycles. The van der Waals surface area contributed by atoms with Crippen LogP contribution in [0.2, 0.25) is 0 Å². The van der Waals surface area contributed by atoms with Crippen molar-refractivity contribution in [2.75, 3.05) is 18.5 Å². The lowest BCUT2D eigenvalue weighted by Gasteiger charge is -2.21. The summed E-state index contributed by atoms with van der Waals surface area (Å²) in [5.74, 6) is 1.58. The van der Waals surface area contributed by atoms with E-state index in [-0.39, 0.29) is 18.0 Å². The van der Waals surface area contributed by atoms with Crippen molar-refractivity contribution in [3.05, 3.63) is 71.6 Å². The average Bonchev–Trinajstić information content (AvgIpc) is 3.52.